The van der Waals surface area contributed by atoms with Gasteiger partial charge in [-0.1, -0.05) is 0 Å². The maximum atomic E-state index is 9.75. The zero-order valence-corrected chi connectivity index (χ0v) is 9.74. The van der Waals surface area contributed by atoms with Gasteiger partial charge in [-0.3, -0.25) is 0 Å². The number of hydrogen-bond donors (Lipinski definition) is 0. The highest BCUT2D eigenvalue weighted by molar-refractivity contribution is 6.50. The van der Waals surface area contributed by atoms with Crippen molar-refractivity contribution < 1.29 is 27.9 Å². The molecular formula is C8H21BF5N. The Morgan fingerprint density at radius 3 is 0.933 bits per heavy atom. The van der Waals surface area contributed by atoms with E-state index in [4.69, 9.17) is 0 Å². The molecule has 0 saturated carbocycles. The van der Waals surface area contributed by atoms with Crippen molar-refractivity contribution in [1.29, 1.82) is 0 Å². The smallest absolute Gasteiger partial charge is 1.00 e. The van der Waals surface area contributed by atoms with Crippen LogP contribution < -0.4 is 4.70 Å². The third-order valence-corrected chi connectivity index (χ3v) is 2.68. The predicted molar refractivity (Wildman–Crippen MR) is 53.7 cm³/mol. The first-order valence-electron chi connectivity index (χ1n) is 4.97. The molecule has 0 rings (SSSR count). The monoisotopic (exact) mass is 237 g/mol. The summed E-state index contributed by atoms with van der Waals surface area (Å²) in [4.78, 5) is 0. The molecule has 0 unspecified atom stereocenters. The second-order valence-corrected chi connectivity index (χ2v) is 3.10. The van der Waals surface area contributed by atoms with E-state index in [1.165, 1.54) is 30.7 Å². The molecule has 0 N–H and O–H groups in total. The van der Waals surface area contributed by atoms with Crippen LogP contribution in [0.3, 0.4) is 0 Å². The average molecular weight is 237 g/mol. The lowest BCUT2D eigenvalue weighted by molar-refractivity contribution is -0.921. The van der Waals surface area contributed by atoms with Gasteiger partial charge in [-0.2, -0.15) is 0 Å². The normalized spacial score (nSPS) is 11.2. The molecule has 0 amide bonds. The molecule has 1 nitrogen and oxygen atoms in total. The summed E-state index contributed by atoms with van der Waals surface area (Å²) in [5.41, 5.74) is 0. The molecule has 0 aromatic rings. The largest absolute Gasteiger partial charge is 1.00 e. The number of hydrogen-bond acceptors (Lipinski definition) is 0. The summed E-state index contributed by atoms with van der Waals surface area (Å²) >= 11 is 0. The van der Waals surface area contributed by atoms with Gasteiger partial charge in [0, 0.05) is 0 Å². The van der Waals surface area contributed by atoms with E-state index in [-0.39, 0.29) is 6.13 Å². The summed E-state index contributed by atoms with van der Waals surface area (Å²) in [5, 5.41) is 0. The lowest BCUT2D eigenvalue weighted by Gasteiger charge is -2.34. The average Bonchev–Trinajstić information content (AvgIpc) is 2.07. The van der Waals surface area contributed by atoms with Crippen LogP contribution >= 0.6 is 0 Å². The Morgan fingerprint density at radius 2 is 0.933 bits per heavy atom. The zero-order chi connectivity index (χ0) is 11.8. The molecule has 0 aliphatic carbocycles. The fraction of sp³-hybridized carbons (Fsp3) is 1.00. The van der Waals surface area contributed by atoms with Crippen LogP contribution in [0.4, 0.5) is 17.3 Å². The Labute approximate surface area is 90.0 Å². The number of rotatable bonds is 4. The van der Waals surface area contributed by atoms with Crippen LogP contribution in [-0.2, 0) is 0 Å². The van der Waals surface area contributed by atoms with Crippen molar-refractivity contribution in [1.82, 2.24) is 0 Å². The summed E-state index contributed by atoms with van der Waals surface area (Å²) in [7, 11) is -6.00. The van der Waals surface area contributed by atoms with Gasteiger partial charge >= 0.3 is 8.68 Å². The second kappa shape index (κ2) is 8.94. The Morgan fingerprint density at radius 1 is 0.800 bits per heavy atom. The number of halogens is 5. The third kappa shape index (κ3) is 13.7. The topological polar surface area (TPSA) is 0 Å². The Hall–Kier alpha value is -0.325. The van der Waals surface area contributed by atoms with E-state index in [1.54, 1.807) is 0 Å². The second-order valence-electron chi connectivity index (χ2n) is 3.10. The van der Waals surface area contributed by atoms with Crippen LogP contribution in [0.2, 0.25) is 0 Å². The molecule has 0 radical (unpaired) electrons. The van der Waals surface area contributed by atoms with Gasteiger partial charge in [0.1, 0.15) is 0 Å². The fourth-order valence-corrected chi connectivity index (χ4v) is 1.34. The van der Waals surface area contributed by atoms with Gasteiger partial charge in [-0.25, -0.2) is 0 Å². The van der Waals surface area contributed by atoms with Crippen LogP contribution in [0.1, 0.15) is 29.1 Å². The van der Waals surface area contributed by atoms with E-state index in [0.717, 1.165) is 0 Å². The maximum absolute atomic E-state index is 9.75. The van der Waals surface area contributed by atoms with E-state index in [0.29, 0.717) is 0 Å². The molecule has 0 aliphatic rings. The van der Waals surface area contributed by atoms with Gasteiger partial charge in [0.2, 0.25) is 0 Å². The molecule has 0 aliphatic heterocycles. The van der Waals surface area contributed by atoms with Gasteiger partial charge in [0.25, 0.3) is 0 Å². The van der Waals surface area contributed by atoms with Crippen LogP contribution in [0.5, 0.6) is 0 Å². The van der Waals surface area contributed by atoms with Crippen molar-refractivity contribution in [3.05, 3.63) is 0 Å². The van der Waals surface area contributed by atoms with Gasteiger partial charge in [0.05, 0.1) is 26.2 Å². The summed E-state index contributed by atoms with van der Waals surface area (Å²) in [6.45, 7) is 14.2. The summed E-state index contributed by atoms with van der Waals surface area (Å²) in [6, 6.07) is 0. The first kappa shape index (κ1) is 20.1. The van der Waals surface area contributed by atoms with E-state index in [1.807, 2.05) is 0 Å². The summed E-state index contributed by atoms with van der Waals surface area (Å²) in [6.07, 6.45) is 0. The van der Waals surface area contributed by atoms with Crippen molar-refractivity contribution in [3.63, 3.8) is 0 Å². The quantitative estimate of drug-likeness (QED) is 0.375. The molecule has 0 aromatic heterocycles. The van der Waals surface area contributed by atoms with Crippen molar-refractivity contribution in [3.8, 4) is 0 Å². The molecule has 15 heavy (non-hydrogen) atoms. The SMILES string of the molecule is CC[N+](CC)(CC)CC.F[B-](F)(F)F.[F-].[H+]. The highest BCUT2D eigenvalue weighted by Gasteiger charge is 2.20. The van der Waals surface area contributed by atoms with E-state index in [9.17, 15) is 17.3 Å². The van der Waals surface area contributed by atoms with Crippen molar-refractivity contribution in [2.75, 3.05) is 26.2 Å². The lowest BCUT2D eigenvalue weighted by Crippen LogP contribution is -3.00. The van der Waals surface area contributed by atoms with Gasteiger partial charge in [0.15, 0.2) is 0 Å². The van der Waals surface area contributed by atoms with Crippen molar-refractivity contribution in [2.45, 2.75) is 27.7 Å². The first-order valence-corrected chi connectivity index (χ1v) is 4.97. The molecular weight excluding hydrogens is 216 g/mol. The van der Waals surface area contributed by atoms with Crippen LogP contribution in [0, 0.1) is 0 Å². The van der Waals surface area contributed by atoms with Crippen LogP contribution in [-0.4, -0.2) is 37.9 Å². The summed E-state index contributed by atoms with van der Waals surface area (Å²) in [5.74, 6) is 0. The molecule has 0 fully saturated rings. The zero-order valence-electron chi connectivity index (χ0n) is 10.7. The standard InChI is InChI=1S/C8H20N.BF4.FH/c1-5-9(6-2,7-3)8-4;2-1(3,4)5;/h5-8H2,1-4H3;;1H/q+1;-1;. The van der Waals surface area contributed by atoms with Crippen molar-refractivity contribution >= 4 is 7.25 Å². The third-order valence-electron chi connectivity index (χ3n) is 2.68. The summed E-state index contributed by atoms with van der Waals surface area (Å²) < 4.78 is 40.3. The minimum absolute atomic E-state index is 0. The molecule has 0 bridgehead atoms. The number of quaternary nitrogens is 1. The Balaban J connectivity index is -0.0000000904. The molecule has 0 aromatic carbocycles. The molecule has 0 heterocycles. The first-order chi connectivity index (χ1) is 6.24. The minimum Gasteiger partial charge on any atom is -1.00 e. The van der Waals surface area contributed by atoms with Crippen LogP contribution in [0.15, 0.2) is 0 Å². The molecule has 96 valence electrons. The molecule has 0 saturated heterocycles. The number of nitrogens with zero attached hydrogens (tertiary/aromatic N) is 1. The van der Waals surface area contributed by atoms with Crippen LogP contribution in [0.25, 0.3) is 0 Å². The van der Waals surface area contributed by atoms with Gasteiger partial charge in [-0.05, 0) is 27.7 Å². The highest BCUT2D eigenvalue weighted by atomic mass is 19.5. The Bertz CT molecular complexity index is 117. The van der Waals surface area contributed by atoms with Gasteiger partial charge in [-0.15, -0.1) is 0 Å². The Kier molecular flexibility index (Phi) is 12.0. The lowest BCUT2D eigenvalue weighted by atomic mass is 10.3. The van der Waals surface area contributed by atoms with Gasteiger partial charge < -0.3 is 26.5 Å². The highest BCUT2D eigenvalue weighted by Crippen LogP contribution is 2.06. The van der Waals surface area contributed by atoms with Crippen molar-refractivity contribution in [2.24, 2.45) is 0 Å². The molecule has 0 atom stereocenters. The minimum atomic E-state index is -6.00. The fourth-order valence-electron chi connectivity index (χ4n) is 1.34. The van der Waals surface area contributed by atoms with E-state index >= 15 is 0 Å². The van der Waals surface area contributed by atoms with E-state index in [2.05, 4.69) is 27.7 Å². The molecule has 7 heteroatoms. The maximum Gasteiger partial charge on any atom is 1.00 e. The van der Waals surface area contributed by atoms with E-state index < -0.39 is 7.25 Å². The molecule has 0 spiro atoms. The predicted octanol–water partition coefficient (Wildman–Crippen LogP) is 0.299.